The van der Waals surface area contributed by atoms with E-state index in [4.69, 9.17) is 5.73 Å². The minimum Gasteiger partial charge on any atom is -0.369 e. The zero-order valence-corrected chi connectivity index (χ0v) is 11.5. The maximum Gasteiger partial charge on any atom is 0.221 e. The quantitative estimate of drug-likeness (QED) is 0.830. The Labute approximate surface area is 113 Å². The lowest BCUT2D eigenvalue weighted by molar-refractivity contribution is -0.121. The largest absolute Gasteiger partial charge is 0.369 e. The Morgan fingerprint density at radius 2 is 2.05 bits per heavy atom. The predicted molar refractivity (Wildman–Crippen MR) is 74.0 cm³/mol. The summed E-state index contributed by atoms with van der Waals surface area (Å²) in [6, 6.07) is 5.77. The number of amides is 1. The first-order chi connectivity index (χ1) is 8.97. The molecule has 2 rings (SSSR count). The Bertz CT molecular complexity index is 511. The molecule has 1 aliphatic rings. The van der Waals surface area contributed by atoms with Crippen LogP contribution in [0.15, 0.2) is 18.2 Å². The average Bonchev–Trinajstić information content (AvgIpc) is 2.81. The number of aryl methyl sites for hydroxylation is 2. The number of hydrogen-bond donors (Lipinski definition) is 1. The highest BCUT2D eigenvalue weighted by molar-refractivity contribution is 5.97. The van der Waals surface area contributed by atoms with Gasteiger partial charge < -0.3 is 5.73 Å². The van der Waals surface area contributed by atoms with Crippen LogP contribution in [0.2, 0.25) is 0 Å². The molecule has 0 aliphatic carbocycles. The number of nitrogens with zero attached hydrogens (tertiary/aromatic N) is 1. The summed E-state index contributed by atoms with van der Waals surface area (Å²) < 4.78 is 0. The lowest BCUT2D eigenvalue weighted by atomic mass is 10.0. The molecule has 1 aromatic carbocycles. The first-order valence-electron chi connectivity index (χ1n) is 6.59. The van der Waals surface area contributed by atoms with Crippen molar-refractivity contribution in [3.05, 3.63) is 34.9 Å². The summed E-state index contributed by atoms with van der Waals surface area (Å²) in [5.41, 5.74) is 8.34. The van der Waals surface area contributed by atoms with E-state index in [-0.39, 0.29) is 17.6 Å². The van der Waals surface area contributed by atoms with Gasteiger partial charge in [-0.15, -0.1) is 0 Å². The van der Waals surface area contributed by atoms with Gasteiger partial charge in [-0.3, -0.25) is 14.5 Å². The van der Waals surface area contributed by atoms with Gasteiger partial charge in [0.1, 0.15) is 0 Å². The lowest BCUT2D eigenvalue weighted by Crippen LogP contribution is -2.31. The molecule has 1 heterocycles. The van der Waals surface area contributed by atoms with Crippen molar-refractivity contribution in [1.29, 1.82) is 0 Å². The maximum atomic E-state index is 12.2. The second-order valence-corrected chi connectivity index (χ2v) is 5.35. The average molecular weight is 260 g/mol. The number of carbonyl (C=O) groups excluding carboxylic acids is 2. The number of ketones is 1. The zero-order chi connectivity index (χ0) is 14.0. The smallest absolute Gasteiger partial charge is 0.221 e. The van der Waals surface area contributed by atoms with E-state index >= 15 is 0 Å². The maximum absolute atomic E-state index is 12.2. The fraction of sp³-hybridized carbons (Fsp3) is 0.467. The van der Waals surface area contributed by atoms with Crippen molar-refractivity contribution in [1.82, 2.24) is 4.90 Å². The Morgan fingerprint density at radius 1 is 1.32 bits per heavy atom. The molecule has 1 amide bonds. The summed E-state index contributed by atoms with van der Waals surface area (Å²) in [5, 5.41) is 0. The lowest BCUT2D eigenvalue weighted by Gasteiger charge is -2.14. The second-order valence-electron chi connectivity index (χ2n) is 5.35. The summed E-state index contributed by atoms with van der Waals surface area (Å²) >= 11 is 0. The molecule has 1 aromatic rings. The molecule has 0 saturated carbocycles. The van der Waals surface area contributed by atoms with Gasteiger partial charge in [-0.2, -0.15) is 0 Å². The molecular formula is C15H20N2O2. The van der Waals surface area contributed by atoms with Crippen LogP contribution in [0.25, 0.3) is 0 Å². The van der Waals surface area contributed by atoms with Gasteiger partial charge in [0.25, 0.3) is 0 Å². The molecule has 1 saturated heterocycles. The predicted octanol–water partition coefficient (Wildman–Crippen LogP) is 1.29. The minimum atomic E-state index is -0.263. The summed E-state index contributed by atoms with van der Waals surface area (Å²) in [5.74, 6) is -0.262. The van der Waals surface area contributed by atoms with Gasteiger partial charge in [-0.25, -0.2) is 0 Å². The molecule has 1 fully saturated rings. The number of nitrogens with two attached hydrogens (primary N) is 1. The summed E-state index contributed by atoms with van der Waals surface area (Å²) in [7, 11) is 0. The molecule has 0 aromatic heterocycles. The molecule has 1 atom stereocenters. The first kappa shape index (κ1) is 13.7. The Kier molecular flexibility index (Phi) is 4.00. The number of Topliss-reactive ketones (excluding diaryl/α,β-unsaturated/α-hetero) is 1. The van der Waals surface area contributed by atoms with Gasteiger partial charge in [0.05, 0.1) is 12.5 Å². The summed E-state index contributed by atoms with van der Waals surface area (Å²) in [4.78, 5) is 25.3. The SMILES string of the molecule is Cc1ccc(C(=O)CN2CCC(C(N)=O)C2)cc1C. The molecular weight excluding hydrogens is 240 g/mol. The van der Waals surface area contributed by atoms with Crippen LogP contribution in [-0.2, 0) is 4.79 Å². The van der Waals surface area contributed by atoms with E-state index < -0.39 is 0 Å². The van der Waals surface area contributed by atoms with Gasteiger partial charge in [0.15, 0.2) is 5.78 Å². The third-order valence-corrected chi connectivity index (χ3v) is 3.87. The molecule has 4 nitrogen and oxygen atoms in total. The fourth-order valence-electron chi connectivity index (χ4n) is 2.42. The summed E-state index contributed by atoms with van der Waals surface area (Å²) in [6.07, 6.45) is 0.759. The standard InChI is InChI=1S/C15H20N2O2/c1-10-3-4-12(7-11(10)2)14(18)9-17-6-5-13(8-17)15(16)19/h3-4,7,13H,5-6,8-9H2,1-2H3,(H2,16,19). The van der Waals surface area contributed by atoms with Gasteiger partial charge >= 0.3 is 0 Å². The van der Waals surface area contributed by atoms with Crippen LogP contribution in [0.3, 0.4) is 0 Å². The van der Waals surface area contributed by atoms with E-state index in [1.807, 2.05) is 36.9 Å². The third-order valence-electron chi connectivity index (χ3n) is 3.87. The van der Waals surface area contributed by atoms with Crippen LogP contribution in [0, 0.1) is 19.8 Å². The molecule has 0 spiro atoms. The summed E-state index contributed by atoms with van der Waals surface area (Å²) in [6.45, 7) is 5.77. The van der Waals surface area contributed by atoms with E-state index in [1.165, 1.54) is 5.56 Å². The molecule has 1 aliphatic heterocycles. The number of primary amides is 1. The minimum absolute atomic E-state index is 0.104. The molecule has 19 heavy (non-hydrogen) atoms. The second kappa shape index (κ2) is 5.53. The van der Waals surface area contributed by atoms with Crippen molar-refractivity contribution in [2.75, 3.05) is 19.6 Å². The molecule has 0 radical (unpaired) electrons. The Balaban J connectivity index is 1.98. The van der Waals surface area contributed by atoms with Crippen molar-refractivity contribution >= 4 is 11.7 Å². The molecule has 4 heteroatoms. The Hall–Kier alpha value is -1.68. The molecule has 0 bridgehead atoms. The van der Waals surface area contributed by atoms with Crippen LogP contribution in [-0.4, -0.2) is 36.2 Å². The number of likely N-dealkylation sites (tertiary alicyclic amines) is 1. The van der Waals surface area contributed by atoms with E-state index in [2.05, 4.69) is 0 Å². The van der Waals surface area contributed by atoms with Crippen molar-refractivity contribution < 1.29 is 9.59 Å². The number of rotatable bonds is 4. The first-order valence-corrected chi connectivity index (χ1v) is 6.59. The van der Waals surface area contributed by atoms with E-state index in [0.717, 1.165) is 24.1 Å². The van der Waals surface area contributed by atoms with Crippen LogP contribution in [0.1, 0.15) is 27.9 Å². The van der Waals surface area contributed by atoms with E-state index in [1.54, 1.807) is 0 Å². The van der Waals surface area contributed by atoms with E-state index in [0.29, 0.717) is 13.1 Å². The van der Waals surface area contributed by atoms with Crippen molar-refractivity contribution in [2.45, 2.75) is 20.3 Å². The normalized spacial score (nSPS) is 19.6. The topological polar surface area (TPSA) is 63.4 Å². The van der Waals surface area contributed by atoms with Crippen LogP contribution in [0.4, 0.5) is 0 Å². The van der Waals surface area contributed by atoms with Gasteiger partial charge in [0, 0.05) is 12.1 Å². The highest BCUT2D eigenvalue weighted by atomic mass is 16.1. The zero-order valence-electron chi connectivity index (χ0n) is 11.5. The van der Waals surface area contributed by atoms with Crippen LogP contribution < -0.4 is 5.73 Å². The highest BCUT2D eigenvalue weighted by Gasteiger charge is 2.27. The number of hydrogen-bond acceptors (Lipinski definition) is 3. The van der Waals surface area contributed by atoms with E-state index in [9.17, 15) is 9.59 Å². The van der Waals surface area contributed by atoms with Gasteiger partial charge in [-0.1, -0.05) is 12.1 Å². The fourth-order valence-corrected chi connectivity index (χ4v) is 2.42. The Morgan fingerprint density at radius 3 is 2.63 bits per heavy atom. The van der Waals surface area contributed by atoms with Crippen molar-refractivity contribution in [3.8, 4) is 0 Å². The highest BCUT2D eigenvalue weighted by Crippen LogP contribution is 2.17. The van der Waals surface area contributed by atoms with Crippen molar-refractivity contribution in [3.63, 3.8) is 0 Å². The molecule has 2 N–H and O–H groups in total. The number of carbonyl (C=O) groups is 2. The molecule has 1 unspecified atom stereocenters. The van der Waals surface area contributed by atoms with Gasteiger partial charge in [0.2, 0.25) is 5.91 Å². The number of benzene rings is 1. The van der Waals surface area contributed by atoms with Crippen LogP contribution >= 0.6 is 0 Å². The monoisotopic (exact) mass is 260 g/mol. The molecule has 102 valence electrons. The van der Waals surface area contributed by atoms with Gasteiger partial charge in [-0.05, 0) is 44.0 Å². The van der Waals surface area contributed by atoms with Crippen LogP contribution in [0.5, 0.6) is 0 Å². The van der Waals surface area contributed by atoms with Crippen molar-refractivity contribution in [2.24, 2.45) is 11.7 Å². The third kappa shape index (κ3) is 3.20.